The predicted molar refractivity (Wildman–Crippen MR) is 157 cm³/mol. The number of aliphatic hydroxyl groups is 1. The molecule has 4 nitrogen and oxygen atoms in total. The van der Waals surface area contributed by atoms with Gasteiger partial charge in [0.2, 0.25) is 0 Å². The minimum absolute atomic E-state index is 0.763. The third-order valence-electron chi connectivity index (χ3n) is 6.42. The van der Waals surface area contributed by atoms with E-state index in [1.54, 1.807) is 6.08 Å². The lowest BCUT2D eigenvalue weighted by atomic mass is 9.83. The lowest BCUT2D eigenvalue weighted by Gasteiger charge is -2.31. The maximum atomic E-state index is 11.7. The molecule has 1 unspecified atom stereocenters. The van der Waals surface area contributed by atoms with E-state index in [9.17, 15) is 5.11 Å². The van der Waals surface area contributed by atoms with E-state index in [0.717, 1.165) is 73.4 Å². The Kier molecular flexibility index (Phi) is 13.7. The molecule has 0 aliphatic rings. The van der Waals surface area contributed by atoms with E-state index in [2.05, 4.69) is 37.5 Å². The molecule has 1 N–H and O–H groups in total. The fourth-order valence-corrected chi connectivity index (χ4v) is 4.24. The number of ether oxygens (including phenoxy) is 1. The fraction of sp³-hybridized carbons (Fsp3) is 0.424. The Hall–Kier alpha value is -2.95. The Bertz CT molecular complexity index is 1020. The van der Waals surface area contributed by atoms with E-state index in [1.165, 1.54) is 12.8 Å². The molecule has 0 saturated heterocycles. The number of aryl methyl sites for hydroxylation is 1. The van der Waals surface area contributed by atoms with Crippen molar-refractivity contribution in [1.29, 1.82) is 0 Å². The average molecular weight is 503 g/mol. The number of rotatable bonds is 14. The normalized spacial score (nSPS) is 12.4. The summed E-state index contributed by atoms with van der Waals surface area (Å²) in [6.45, 7) is 8.85. The van der Waals surface area contributed by atoms with Crippen molar-refractivity contribution in [2.45, 2.75) is 70.8 Å². The highest BCUT2D eigenvalue weighted by Crippen LogP contribution is 2.39. The number of hydrogen-bond donors (Lipinski definition) is 1. The van der Waals surface area contributed by atoms with Crippen LogP contribution in [-0.4, -0.2) is 35.6 Å². The molecule has 0 saturated carbocycles. The first kappa shape index (κ1) is 30.3. The van der Waals surface area contributed by atoms with Gasteiger partial charge in [-0.1, -0.05) is 87.7 Å². The third kappa shape index (κ3) is 11.3. The van der Waals surface area contributed by atoms with E-state index in [-0.39, 0.29) is 0 Å². The maximum Gasteiger partial charge on any atom is 0.133 e. The lowest BCUT2D eigenvalue weighted by Crippen LogP contribution is -2.27. The molecule has 0 aliphatic heterocycles. The molecule has 37 heavy (non-hydrogen) atoms. The first-order chi connectivity index (χ1) is 17.9. The van der Waals surface area contributed by atoms with E-state index < -0.39 is 5.60 Å². The Morgan fingerprint density at radius 3 is 2.19 bits per heavy atom. The summed E-state index contributed by atoms with van der Waals surface area (Å²) in [7, 11) is 4.19. The summed E-state index contributed by atoms with van der Waals surface area (Å²) in [6.07, 6.45) is 11.9. The van der Waals surface area contributed by atoms with Crippen LogP contribution in [0.5, 0.6) is 11.5 Å². The molecule has 0 aliphatic carbocycles. The van der Waals surface area contributed by atoms with Crippen molar-refractivity contribution in [2.75, 3.05) is 20.6 Å². The zero-order valence-corrected chi connectivity index (χ0v) is 23.3. The van der Waals surface area contributed by atoms with Gasteiger partial charge >= 0.3 is 0 Å². The second kappa shape index (κ2) is 16.7. The van der Waals surface area contributed by atoms with Crippen LogP contribution in [0.25, 0.3) is 6.08 Å². The topological polar surface area (TPSA) is 45.6 Å². The summed E-state index contributed by atoms with van der Waals surface area (Å²) in [5.74, 6) is 1.56. The smallest absolute Gasteiger partial charge is 0.133 e. The van der Waals surface area contributed by atoms with Gasteiger partial charge < -0.3 is 14.7 Å². The number of para-hydroxylation sites is 2. The largest absolute Gasteiger partial charge is 0.457 e. The molecule has 0 spiro atoms. The summed E-state index contributed by atoms with van der Waals surface area (Å²) >= 11 is 0. The number of unbranched alkanes of at least 4 members (excludes halogenated alkanes) is 4. The molecule has 2 aromatic carbocycles. The lowest BCUT2D eigenvalue weighted by molar-refractivity contribution is 0.0113. The zero-order valence-electron chi connectivity index (χ0n) is 23.3. The summed E-state index contributed by atoms with van der Waals surface area (Å²) in [6, 6.07) is 21.8. The molecule has 4 heteroatoms. The number of pyridine rings is 1. The summed E-state index contributed by atoms with van der Waals surface area (Å²) in [4.78, 5) is 6.28. The van der Waals surface area contributed by atoms with Gasteiger partial charge in [-0.05, 0) is 83.1 Å². The first-order valence-corrected chi connectivity index (χ1v) is 13.6. The average Bonchev–Trinajstić information content (AvgIpc) is 2.91. The molecule has 0 fully saturated rings. The second-order valence-corrected chi connectivity index (χ2v) is 9.95. The molecule has 3 rings (SSSR count). The Balaban J connectivity index is 0.000000449. The third-order valence-corrected chi connectivity index (χ3v) is 6.42. The van der Waals surface area contributed by atoms with Crippen LogP contribution in [0.1, 0.15) is 75.1 Å². The summed E-state index contributed by atoms with van der Waals surface area (Å²) in [5.41, 5.74) is 2.19. The Morgan fingerprint density at radius 2 is 1.57 bits per heavy atom. The maximum absolute atomic E-state index is 11.7. The minimum atomic E-state index is -0.842. The van der Waals surface area contributed by atoms with Gasteiger partial charge in [0.1, 0.15) is 11.5 Å². The Morgan fingerprint density at radius 1 is 0.892 bits per heavy atom. The van der Waals surface area contributed by atoms with Crippen LogP contribution >= 0.6 is 0 Å². The summed E-state index contributed by atoms with van der Waals surface area (Å²) in [5, 5.41) is 11.7. The van der Waals surface area contributed by atoms with Crippen LogP contribution in [0.15, 0.2) is 79.5 Å². The van der Waals surface area contributed by atoms with Gasteiger partial charge in [0.15, 0.2) is 0 Å². The SMILES string of the molecule is C=Cc1ccc(C)nc1.CCCCCCC(O)(CCCCN(C)C)c1ccccc1Oc1ccccc1. The highest BCUT2D eigenvalue weighted by atomic mass is 16.5. The van der Waals surface area contributed by atoms with Gasteiger partial charge in [0.25, 0.3) is 0 Å². The van der Waals surface area contributed by atoms with Crippen molar-refractivity contribution in [3.05, 3.63) is 96.3 Å². The summed E-state index contributed by atoms with van der Waals surface area (Å²) < 4.78 is 6.16. The molecule has 3 aromatic rings. The zero-order chi connectivity index (χ0) is 26.9. The van der Waals surface area contributed by atoms with Crippen LogP contribution in [0.4, 0.5) is 0 Å². The number of hydrogen-bond acceptors (Lipinski definition) is 4. The standard InChI is InChI=1S/C25H37NO2.C8H9N/c1-4-5-6-12-19-25(27,20-13-14-21-26(2)3)23-17-10-11-18-24(23)28-22-15-8-7-9-16-22;1-3-8-5-4-7(2)9-6-8/h7-11,15-18,27H,4-6,12-14,19-21H2,1-3H3;3-6H,1H2,2H3. The van der Waals surface area contributed by atoms with Crippen molar-refractivity contribution in [1.82, 2.24) is 9.88 Å². The van der Waals surface area contributed by atoms with E-state index in [1.807, 2.05) is 79.9 Å². The number of aromatic nitrogens is 1. The van der Waals surface area contributed by atoms with Gasteiger partial charge in [-0.15, -0.1) is 0 Å². The molecular formula is C33H46N2O2. The first-order valence-electron chi connectivity index (χ1n) is 13.6. The molecule has 0 radical (unpaired) electrons. The molecular weight excluding hydrogens is 456 g/mol. The van der Waals surface area contributed by atoms with Crippen LogP contribution in [-0.2, 0) is 5.60 Å². The quantitative estimate of drug-likeness (QED) is 0.225. The van der Waals surface area contributed by atoms with Gasteiger partial charge in [-0.2, -0.15) is 0 Å². The van der Waals surface area contributed by atoms with Crippen molar-refractivity contribution in [2.24, 2.45) is 0 Å². The van der Waals surface area contributed by atoms with Gasteiger partial charge in [-0.25, -0.2) is 0 Å². The van der Waals surface area contributed by atoms with Crippen molar-refractivity contribution >= 4 is 6.08 Å². The minimum Gasteiger partial charge on any atom is -0.457 e. The van der Waals surface area contributed by atoms with Gasteiger partial charge in [-0.3, -0.25) is 4.98 Å². The molecule has 1 atom stereocenters. The monoisotopic (exact) mass is 502 g/mol. The highest BCUT2D eigenvalue weighted by molar-refractivity contribution is 5.44. The molecule has 1 heterocycles. The van der Waals surface area contributed by atoms with E-state index >= 15 is 0 Å². The van der Waals surface area contributed by atoms with Gasteiger partial charge in [0.05, 0.1) is 5.60 Å². The second-order valence-electron chi connectivity index (χ2n) is 9.95. The van der Waals surface area contributed by atoms with Gasteiger partial charge in [0, 0.05) is 17.5 Å². The van der Waals surface area contributed by atoms with Crippen LogP contribution in [0.3, 0.4) is 0 Å². The molecule has 200 valence electrons. The molecule has 0 bridgehead atoms. The van der Waals surface area contributed by atoms with Crippen LogP contribution < -0.4 is 4.74 Å². The Labute approximate surface area is 225 Å². The number of benzene rings is 2. The van der Waals surface area contributed by atoms with Crippen molar-refractivity contribution < 1.29 is 9.84 Å². The van der Waals surface area contributed by atoms with Crippen molar-refractivity contribution in [3.63, 3.8) is 0 Å². The highest BCUT2D eigenvalue weighted by Gasteiger charge is 2.31. The fourth-order valence-electron chi connectivity index (χ4n) is 4.24. The number of nitrogens with zero attached hydrogens (tertiary/aromatic N) is 2. The van der Waals surface area contributed by atoms with E-state index in [4.69, 9.17) is 4.74 Å². The predicted octanol–water partition coefficient (Wildman–Crippen LogP) is 8.40. The molecule has 1 aromatic heterocycles. The van der Waals surface area contributed by atoms with Crippen LogP contribution in [0.2, 0.25) is 0 Å². The molecule has 0 amide bonds. The van der Waals surface area contributed by atoms with Crippen LogP contribution in [0, 0.1) is 6.92 Å². The van der Waals surface area contributed by atoms with E-state index in [0.29, 0.717) is 0 Å². The van der Waals surface area contributed by atoms with Crippen molar-refractivity contribution in [3.8, 4) is 11.5 Å².